The second-order valence-electron chi connectivity index (χ2n) is 4.48. The second kappa shape index (κ2) is 7.50. The van der Waals surface area contributed by atoms with Crippen molar-refractivity contribution in [2.24, 2.45) is 11.7 Å². The van der Waals surface area contributed by atoms with Gasteiger partial charge >= 0.3 is 0 Å². The maximum atomic E-state index is 11.6. The topological polar surface area (TPSA) is 75.4 Å². The van der Waals surface area contributed by atoms with E-state index in [0.717, 1.165) is 19.3 Å². The molecule has 0 saturated heterocycles. The smallest absolute Gasteiger partial charge is 0.239 e. The summed E-state index contributed by atoms with van der Waals surface area (Å²) in [4.78, 5) is 24.0. The lowest BCUT2D eigenvalue weighted by Crippen LogP contribution is -2.44. The zero-order valence-electron chi connectivity index (χ0n) is 10.4. The molecule has 100 valence electrons. The molecule has 1 aliphatic rings. The molecule has 0 spiro atoms. The molecule has 0 radical (unpaired) electrons. The molecule has 2 atom stereocenters. The number of likely N-dealkylation sites (N-methyl/N-ethyl adjacent to an activating group) is 1. The van der Waals surface area contributed by atoms with Gasteiger partial charge in [-0.2, -0.15) is 0 Å². The lowest BCUT2D eigenvalue weighted by molar-refractivity contribution is -0.133. The summed E-state index contributed by atoms with van der Waals surface area (Å²) in [5.74, 6) is 0.201. The second-order valence-corrected chi connectivity index (χ2v) is 4.48. The molecule has 17 heavy (non-hydrogen) atoms. The Morgan fingerprint density at radius 3 is 2.59 bits per heavy atom. The molecule has 1 saturated carbocycles. The van der Waals surface area contributed by atoms with Crippen LogP contribution in [-0.2, 0) is 9.59 Å². The molecular formula is C11H22ClN3O2. The van der Waals surface area contributed by atoms with Crippen molar-refractivity contribution in [3.63, 3.8) is 0 Å². The number of carbonyl (C=O) groups is 2. The van der Waals surface area contributed by atoms with Gasteiger partial charge in [0.1, 0.15) is 0 Å². The molecule has 0 aromatic rings. The molecule has 2 unspecified atom stereocenters. The third kappa shape index (κ3) is 4.91. The van der Waals surface area contributed by atoms with Crippen molar-refractivity contribution in [1.82, 2.24) is 10.2 Å². The van der Waals surface area contributed by atoms with Crippen molar-refractivity contribution in [2.45, 2.75) is 32.2 Å². The Morgan fingerprint density at radius 2 is 2.06 bits per heavy atom. The highest BCUT2D eigenvalue weighted by molar-refractivity contribution is 5.85. The molecular weight excluding hydrogens is 242 g/mol. The van der Waals surface area contributed by atoms with Gasteiger partial charge in [0, 0.05) is 20.0 Å². The van der Waals surface area contributed by atoms with Crippen molar-refractivity contribution in [3.05, 3.63) is 0 Å². The van der Waals surface area contributed by atoms with Crippen LogP contribution in [-0.4, -0.2) is 42.9 Å². The van der Waals surface area contributed by atoms with Gasteiger partial charge in [-0.1, -0.05) is 6.42 Å². The molecule has 0 aliphatic heterocycles. The van der Waals surface area contributed by atoms with Crippen molar-refractivity contribution in [3.8, 4) is 0 Å². The predicted molar refractivity (Wildman–Crippen MR) is 68.9 cm³/mol. The molecule has 6 heteroatoms. The van der Waals surface area contributed by atoms with Gasteiger partial charge in [-0.05, 0) is 25.3 Å². The molecule has 0 heterocycles. The zero-order valence-corrected chi connectivity index (χ0v) is 11.3. The van der Waals surface area contributed by atoms with Crippen LogP contribution in [0.4, 0.5) is 0 Å². The average molecular weight is 264 g/mol. The maximum absolute atomic E-state index is 11.6. The van der Waals surface area contributed by atoms with Crippen molar-refractivity contribution < 1.29 is 9.59 Å². The van der Waals surface area contributed by atoms with Gasteiger partial charge in [-0.25, -0.2) is 0 Å². The van der Waals surface area contributed by atoms with Gasteiger partial charge in [0.25, 0.3) is 0 Å². The lowest BCUT2D eigenvalue weighted by Gasteiger charge is -2.21. The van der Waals surface area contributed by atoms with E-state index in [4.69, 9.17) is 5.73 Å². The molecule has 2 amide bonds. The Labute approximate surface area is 109 Å². The van der Waals surface area contributed by atoms with Crippen LogP contribution in [0.5, 0.6) is 0 Å². The van der Waals surface area contributed by atoms with Crippen LogP contribution < -0.4 is 11.1 Å². The van der Waals surface area contributed by atoms with Crippen LogP contribution in [0.3, 0.4) is 0 Å². The summed E-state index contributed by atoms with van der Waals surface area (Å²) in [6.45, 7) is 2.20. The van der Waals surface area contributed by atoms with E-state index in [2.05, 4.69) is 5.32 Å². The number of rotatable bonds is 4. The first kappa shape index (κ1) is 16.2. The van der Waals surface area contributed by atoms with Crippen LogP contribution >= 0.6 is 12.4 Å². The van der Waals surface area contributed by atoms with Crippen LogP contribution in [0.2, 0.25) is 0 Å². The molecule has 1 rings (SSSR count). The minimum absolute atomic E-state index is 0. The van der Waals surface area contributed by atoms with E-state index >= 15 is 0 Å². The normalized spacial score (nSPS) is 22.8. The minimum Gasteiger partial charge on any atom is -0.352 e. The zero-order chi connectivity index (χ0) is 12.1. The van der Waals surface area contributed by atoms with Gasteiger partial charge in [0.15, 0.2) is 0 Å². The first-order valence-electron chi connectivity index (χ1n) is 5.75. The molecule has 0 aromatic carbocycles. The number of nitrogens with one attached hydrogen (secondary N) is 1. The summed E-state index contributed by atoms with van der Waals surface area (Å²) < 4.78 is 0. The first-order chi connectivity index (χ1) is 7.54. The van der Waals surface area contributed by atoms with E-state index < -0.39 is 0 Å². The largest absolute Gasteiger partial charge is 0.352 e. The van der Waals surface area contributed by atoms with E-state index in [1.807, 2.05) is 0 Å². The Bertz CT molecular complexity index is 273. The Morgan fingerprint density at radius 1 is 1.41 bits per heavy atom. The molecule has 0 aromatic heterocycles. The van der Waals surface area contributed by atoms with Crippen LogP contribution in [0.15, 0.2) is 0 Å². The quantitative estimate of drug-likeness (QED) is 0.757. The predicted octanol–water partition coefficient (Wildman–Crippen LogP) is 0.130. The summed E-state index contributed by atoms with van der Waals surface area (Å²) in [6.07, 6.45) is 3.21. The molecule has 3 N–H and O–H groups in total. The fourth-order valence-corrected chi connectivity index (χ4v) is 2.09. The SMILES string of the molecule is CC(=O)N(C)CC(=O)NC1CCCC1CN.Cl. The summed E-state index contributed by atoms with van der Waals surface area (Å²) in [7, 11) is 1.62. The van der Waals surface area contributed by atoms with E-state index in [9.17, 15) is 9.59 Å². The number of carbonyl (C=O) groups excluding carboxylic acids is 2. The fraction of sp³-hybridized carbons (Fsp3) is 0.818. The Hall–Kier alpha value is -0.810. The van der Waals surface area contributed by atoms with Crippen LogP contribution in [0, 0.1) is 5.92 Å². The Kier molecular flexibility index (Phi) is 7.15. The van der Waals surface area contributed by atoms with Crippen molar-refractivity contribution in [2.75, 3.05) is 20.1 Å². The summed E-state index contributed by atoms with van der Waals surface area (Å²) in [5, 5.41) is 2.95. The minimum atomic E-state index is -0.100. The number of hydrogen-bond acceptors (Lipinski definition) is 3. The molecule has 0 bridgehead atoms. The highest BCUT2D eigenvalue weighted by Gasteiger charge is 2.27. The Balaban J connectivity index is 0.00000256. The third-order valence-corrected chi connectivity index (χ3v) is 3.23. The van der Waals surface area contributed by atoms with E-state index in [1.54, 1.807) is 7.05 Å². The average Bonchev–Trinajstić information content (AvgIpc) is 2.64. The summed E-state index contributed by atoms with van der Waals surface area (Å²) >= 11 is 0. The van der Waals surface area contributed by atoms with Crippen molar-refractivity contribution in [1.29, 1.82) is 0 Å². The maximum Gasteiger partial charge on any atom is 0.239 e. The highest BCUT2D eigenvalue weighted by atomic mass is 35.5. The van der Waals surface area contributed by atoms with Crippen LogP contribution in [0.25, 0.3) is 0 Å². The monoisotopic (exact) mass is 263 g/mol. The van der Waals surface area contributed by atoms with Gasteiger partial charge in [0.05, 0.1) is 6.54 Å². The lowest BCUT2D eigenvalue weighted by atomic mass is 10.0. The number of hydrogen-bond donors (Lipinski definition) is 2. The van der Waals surface area contributed by atoms with Gasteiger partial charge < -0.3 is 16.0 Å². The standard InChI is InChI=1S/C11H21N3O2.ClH/c1-8(15)14(2)7-11(16)13-10-5-3-4-9(10)6-12;/h9-10H,3-7,12H2,1-2H3,(H,13,16);1H. The van der Waals surface area contributed by atoms with E-state index in [0.29, 0.717) is 12.5 Å². The summed E-state index contributed by atoms with van der Waals surface area (Å²) in [6, 6.07) is 0.192. The number of nitrogens with two attached hydrogens (primary N) is 1. The fourth-order valence-electron chi connectivity index (χ4n) is 2.09. The molecule has 1 fully saturated rings. The third-order valence-electron chi connectivity index (χ3n) is 3.23. The molecule has 5 nitrogen and oxygen atoms in total. The van der Waals surface area contributed by atoms with E-state index in [1.165, 1.54) is 11.8 Å². The number of nitrogens with zero attached hydrogens (tertiary/aromatic N) is 1. The summed E-state index contributed by atoms with van der Waals surface area (Å²) in [5.41, 5.74) is 5.63. The van der Waals surface area contributed by atoms with Gasteiger partial charge in [-0.15, -0.1) is 12.4 Å². The van der Waals surface area contributed by atoms with Crippen LogP contribution in [0.1, 0.15) is 26.2 Å². The first-order valence-corrected chi connectivity index (χ1v) is 5.75. The van der Waals surface area contributed by atoms with Gasteiger partial charge in [0.2, 0.25) is 11.8 Å². The van der Waals surface area contributed by atoms with E-state index in [-0.39, 0.29) is 36.8 Å². The highest BCUT2D eigenvalue weighted by Crippen LogP contribution is 2.24. The molecule has 1 aliphatic carbocycles. The number of amides is 2. The van der Waals surface area contributed by atoms with Gasteiger partial charge in [-0.3, -0.25) is 9.59 Å². The van der Waals surface area contributed by atoms with Crippen molar-refractivity contribution >= 4 is 24.2 Å². The number of halogens is 1.